The molecule has 0 atom stereocenters. The summed E-state index contributed by atoms with van der Waals surface area (Å²) >= 11 is 6.44. The van der Waals surface area contributed by atoms with Crippen LogP contribution in [0.5, 0.6) is 5.75 Å². The van der Waals surface area contributed by atoms with Crippen molar-refractivity contribution in [2.24, 2.45) is 5.73 Å². The van der Waals surface area contributed by atoms with Crippen molar-refractivity contribution in [1.29, 1.82) is 5.41 Å². The quantitative estimate of drug-likeness (QED) is 0.260. The van der Waals surface area contributed by atoms with E-state index in [1.807, 2.05) is 0 Å². The first kappa shape index (κ1) is 14.9. The van der Waals surface area contributed by atoms with Crippen molar-refractivity contribution in [2.45, 2.75) is 12.8 Å². The summed E-state index contributed by atoms with van der Waals surface area (Å²) in [6.45, 7) is 0.384. The van der Waals surface area contributed by atoms with Crippen molar-refractivity contribution in [3.63, 3.8) is 0 Å². The lowest BCUT2D eigenvalue weighted by molar-refractivity contribution is -0.385. The first-order valence-electron chi connectivity index (χ1n) is 5.01. The Morgan fingerprint density at radius 1 is 1.44 bits per heavy atom. The fourth-order valence-electron chi connectivity index (χ4n) is 1.23. The molecule has 0 aliphatic heterocycles. The molecule has 0 radical (unpaired) electrons. The molecule has 8 heteroatoms. The molecule has 1 aromatic carbocycles. The van der Waals surface area contributed by atoms with Gasteiger partial charge >= 0.3 is 0 Å². The fraction of sp³-hybridized carbons (Fsp3) is 0.300. The molecule has 0 unspecified atom stereocenters. The summed E-state index contributed by atoms with van der Waals surface area (Å²) in [6.07, 6.45) is 1.08. The Hall–Kier alpha value is -1.15. The lowest BCUT2D eigenvalue weighted by Gasteiger charge is -2.09. The predicted molar refractivity (Wildman–Crippen MR) is 75.1 cm³/mol. The van der Waals surface area contributed by atoms with E-state index in [4.69, 9.17) is 15.9 Å². The van der Waals surface area contributed by atoms with Crippen molar-refractivity contribution in [3.8, 4) is 5.75 Å². The van der Waals surface area contributed by atoms with E-state index in [2.05, 4.69) is 31.9 Å². The van der Waals surface area contributed by atoms with E-state index in [-0.39, 0.29) is 11.5 Å². The van der Waals surface area contributed by atoms with Crippen molar-refractivity contribution < 1.29 is 9.66 Å². The molecule has 0 saturated carbocycles. The minimum absolute atomic E-state index is 0.0233. The van der Waals surface area contributed by atoms with Gasteiger partial charge in [-0.1, -0.05) is 0 Å². The van der Waals surface area contributed by atoms with Crippen LogP contribution in [-0.2, 0) is 0 Å². The van der Waals surface area contributed by atoms with Crippen LogP contribution in [0.3, 0.4) is 0 Å². The van der Waals surface area contributed by atoms with Gasteiger partial charge in [0.2, 0.25) is 0 Å². The highest BCUT2D eigenvalue weighted by Gasteiger charge is 2.14. The molecule has 0 amide bonds. The highest BCUT2D eigenvalue weighted by atomic mass is 79.9. The van der Waals surface area contributed by atoms with E-state index in [0.29, 0.717) is 34.1 Å². The molecule has 0 aliphatic rings. The third kappa shape index (κ3) is 4.26. The molecule has 3 N–H and O–H groups in total. The normalized spacial score (nSPS) is 10.1. The smallest absolute Gasteiger partial charge is 0.271 e. The van der Waals surface area contributed by atoms with Gasteiger partial charge in [0.05, 0.1) is 26.3 Å². The molecule has 0 fully saturated rings. The monoisotopic (exact) mass is 379 g/mol. The van der Waals surface area contributed by atoms with Crippen molar-refractivity contribution in [2.75, 3.05) is 6.61 Å². The van der Waals surface area contributed by atoms with Crippen LogP contribution in [0.1, 0.15) is 12.8 Å². The fourth-order valence-corrected chi connectivity index (χ4v) is 2.62. The molecule has 0 aromatic heterocycles. The number of rotatable bonds is 6. The molecule has 0 aliphatic carbocycles. The molecule has 0 spiro atoms. The lowest BCUT2D eigenvalue weighted by Crippen LogP contribution is -2.11. The number of non-ortho nitro benzene ring substituents is 1. The molecule has 98 valence electrons. The van der Waals surface area contributed by atoms with Crippen molar-refractivity contribution in [3.05, 3.63) is 31.2 Å². The summed E-state index contributed by atoms with van der Waals surface area (Å²) in [7, 11) is 0. The van der Waals surface area contributed by atoms with Crippen LogP contribution in [0.25, 0.3) is 0 Å². The van der Waals surface area contributed by atoms with E-state index in [0.717, 1.165) is 0 Å². The Bertz CT molecular complexity index is 456. The summed E-state index contributed by atoms with van der Waals surface area (Å²) in [5.41, 5.74) is 5.20. The van der Waals surface area contributed by atoms with Crippen LogP contribution in [0.15, 0.2) is 21.1 Å². The van der Waals surface area contributed by atoms with Crippen LogP contribution < -0.4 is 10.5 Å². The number of hydrogen-bond acceptors (Lipinski definition) is 4. The Kier molecular flexibility index (Phi) is 5.54. The molecular formula is C10H11Br2N3O3. The molecule has 1 aromatic rings. The topological polar surface area (TPSA) is 102 Å². The zero-order valence-corrected chi connectivity index (χ0v) is 12.5. The molecule has 0 saturated heterocycles. The number of nitro groups is 1. The third-order valence-electron chi connectivity index (χ3n) is 2.03. The first-order valence-corrected chi connectivity index (χ1v) is 6.59. The highest BCUT2D eigenvalue weighted by molar-refractivity contribution is 9.11. The molecular weight excluding hydrogens is 370 g/mol. The van der Waals surface area contributed by atoms with Crippen LogP contribution >= 0.6 is 31.9 Å². The number of nitrogens with two attached hydrogens (primary N) is 1. The maximum atomic E-state index is 10.6. The van der Waals surface area contributed by atoms with E-state index < -0.39 is 4.92 Å². The Balaban J connectivity index is 2.72. The van der Waals surface area contributed by atoms with Crippen LogP contribution in [0.4, 0.5) is 5.69 Å². The van der Waals surface area contributed by atoms with Gasteiger partial charge in [0.25, 0.3) is 5.69 Å². The standard InChI is InChI=1S/C10H11Br2N3O3/c11-7-4-6(15(16)17)5-8(12)10(7)18-3-1-2-9(13)14/h4-5H,1-3H2,(H3,13,14). The maximum Gasteiger partial charge on any atom is 0.271 e. The van der Waals surface area contributed by atoms with Crippen molar-refractivity contribution in [1.82, 2.24) is 0 Å². The molecule has 0 heterocycles. The second kappa shape index (κ2) is 6.69. The summed E-state index contributed by atoms with van der Waals surface area (Å²) in [4.78, 5) is 10.2. The van der Waals surface area contributed by atoms with Gasteiger partial charge in [0.1, 0.15) is 5.75 Å². The maximum absolute atomic E-state index is 10.6. The van der Waals surface area contributed by atoms with Crippen LogP contribution in [0.2, 0.25) is 0 Å². The number of nitrogens with zero attached hydrogens (tertiary/aromatic N) is 1. The average molecular weight is 381 g/mol. The number of nitro benzene ring substituents is 1. The summed E-state index contributed by atoms with van der Waals surface area (Å²) in [5, 5.41) is 17.7. The Morgan fingerprint density at radius 2 is 2.00 bits per heavy atom. The zero-order valence-electron chi connectivity index (χ0n) is 9.28. The number of hydrogen-bond donors (Lipinski definition) is 2. The van der Waals surface area contributed by atoms with Gasteiger partial charge in [-0.05, 0) is 38.3 Å². The molecule has 1 rings (SSSR count). The third-order valence-corrected chi connectivity index (χ3v) is 3.21. The molecule has 0 bridgehead atoms. The van der Waals surface area contributed by atoms with Gasteiger partial charge in [-0.25, -0.2) is 0 Å². The minimum Gasteiger partial charge on any atom is -0.491 e. The second-order valence-corrected chi connectivity index (χ2v) is 5.18. The van der Waals surface area contributed by atoms with Gasteiger partial charge < -0.3 is 10.5 Å². The number of benzene rings is 1. The number of nitrogens with one attached hydrogen (secondary N) is 1. The van der Waals surface area contributed by atoms with Gasteiger partial charge in [0.15, 0.2) is 0 Å². The first-order chi connectivity index (χ1) is 8.41. The van der Waals surface area contributed by atoms with Gasteiger partial charge in [0, 0.05) is 18.6 Å². The van der Waals surface area contributed by atoms with Gasteiger partial charge in [-0.3, -0.25) is 15.5 Å². The lowest BCUT2D eigenvalue weighted by atomic mass is 10.3. The SMILES string of the molecule is N=C(N)CCCOc1c(Br)cc([N+](=O)[O-])cc1Br. The van der Waals surface area contributed by atoms with Crippen LogP contribution in [-0.4, -0.2) is 17.4 Å². The summed E-state index contributed by atoms with van der Waals surface area (Å²) < 4.78 is 6.50. The van der Waals surface area contributed by atoms with Gasteiger partial charge in [-0.2, -0.15) is 0 Å². The largest absolute Gasteiger partial charge is 0.491 e. The minimum atomic E-state index is -0.477. The van der Waals surface area contributed by atoms with Crippen molar-refractivity contribution >= 4 is 43.4 Å². The summed E-state index contributed by atoms with van der Waals surface area (Å²) in [6, 6.07) is 2.76. The Morgan fingerprint density at radius 3 is 2.44 bits per heavy atom. The molecule has 18 heavy (non-hydrogen) atoms. The van der Waals surface area contributed by atoms with E-state index in [1.54, 1.807) is 0 Å². The van der Waals surface area contributed by atoms with E-state index >= 15 is 0 Å². The molecule has 6 nitrogen and oxygen atoms in total. The average Bonchev–Trinajstić information content (AvgIpc) is 2.26. The summed E-state index contributed by atoms with van der Waals surface area (Å²) in [5.74, 6) is 0.615. The zero-order chi connectivity index (χ0) is 13.7. The predicted octanol–water partition coefficient (Wildman–Crippen LogP) is 3.21. The number of amidine groups is 1. The van der Waals surface area contributed by atoms with Gasteiger partial charge in [-0.15, -0.1) is 0 Å². The van der Waals surface area contributed by atoms with E-state index in [9.17, 15) is 10.1 Å². The Labute approximate surface area is 120 Å². The second-order valence-electron chi connectivity index (χ2n) is 3.47. The number of halogens is 2. The number of ether oxygens (including phenoxy) is 1. The highest BCUT2D eigenvalue weighted by Crippen LogP contribution is 2.37. The van der Waals surface area contributed by atoms with E-state index in [1.165, 1.54) is 12.1 Å². The van der Waals surface area contributed by atoms with Crippen LogP contribution in [0, 0.1) is 15.5 Å².